The summed E-state index contributed by atoms with van der Waals surface area (Å²) in [5, 5.41) is 0. The van der Waals surface area contributed by atoms with E-state index in [4.69, 9.17) is 0 Å². The molecule has 2 fully saturated rings. The van der Waals surface area contributed by atoms with Crippen LogP contribution in [0.4, 0.5) is 0 Å². The van der Waals surface area contributed by atoms with Gasteiger partial charge in [-0.15, -0.1) is 0 Å². The molecule has 1 saturated carbocycles. The molecule has 0 spiro atoms. The first-order chi connectivity index (χ1) is 9.81. The van der Waals surface area contributed by atoms with Crippen LogP contribution in [0.3, 0.4) is 0 Å². The van der Waals surface area contributed by atoms with Crippen LogP contribution in [0, 0.1) is 5.92 Å². The van der Waals surface area contributed by atoms with E-state index in [-0.39, 0.29) is 0 Å². The number of H-pyrrole nitrogens is 1. The van der Waals surface area contributed by atoms with Crippen molar-refractivity contribution < 1.29 is 4.79 Å². The zero-order valence-corrected chi connectivity index (χ0v) is 11.4. The van der Waals surface area contributed by atoms with Gasteiger partial charge in [-0.05, 0) is 25.3 Å². The van der Waals surface area contributed by atoms with E-state index in [1.807, 2.05) is 4.90 Å². The van der Waals surface area contributed by atoms with Gasteiger partial charge in [0, 0.05) is 43.0 Å². The van der Waals surface area contributed by atoms with Crippen LogP contribution in [0.5, 0.6) is 0 Å². The van der Waals surface area contributed by atoms with Gasteiger partial charge in [0.2, 0.25) is 5.91 Å². The SMILES string of the molecule is O=C(C1CCC1)N1CC[C@H](c2cc3nccnc3[nH]2)C1. The number of aromatic nitrogens is 3. The minimum absolute atomic E-state index is 0.305. The smallest absolute Gasteiger partial charge is 0.225 e. The van der Waals surface area contributed by atoms with E-state index in [0.29, 0.717) is 17.7 Å². The van der Waals surface area contributed by atoms with E-state index < -0.39 is 0 Å². The summed E-state index contributed by atoms with van der Waals surface area (Å²) in [7, 11) is 0. The van der Waals surface area contributed by atoms with E-state index in [2.05, 4.69) is 21.0 Å². The number of hydrogen-bond acceptors (Lipinski definition) is 3. The minimum Gasteiger partial charge on any atom is -0.342 e. The Labute approximate surface area is 117 Å². The number of likely N-dealkylation sites (tertiary alicyclic amines) is 1. The van der Waals surface area contributed by atoms with Crippen LogP contribution in [0.25, 0.3) is 11.2 Å². The molecule has 1 aliphatic heterocycles. The zero-order chi connectivity index (χ0) is 13.5. The van der Waals surface area contributed by atoms with E-state index in [1.165, 1.54) is 6.42 Å². The first kappa shape index (κ1) is 11.9. The van der Waals surface area contributed by atoms with E-state index in [1.54, 1.807) is 12.4 Å². The largest absolute Gasteiger partial charge is 0.342 e. The Morgan fingerprint density at radius 1 is 1.25 bits per heavy atom. The standard InChI is InChI=1S/C15H18N4O/c20-15(10-2-1-3-10)19-7-4-11(9-19)12-8-13-14(18-12)17-6-5-16-13/h5-6,8,10-11H,1-4,7,9H2,(H,17,18)/t11-/m0/s1. The Bertz CT molecular complexity index is 613. The molecule has 2 aromatic heterocycles. The molecule has 1 atom stereocenters. The third-order valence-corrected chi connectivity index (χ3v) is 4.68. The number of amides is 1. The molecule has 5 nitrogen and oxygen atoms in total. The van der Waals surface area contributed by atoms with Gasteiger partial charge in [0.05, 0.1) is 0 Å². The highest BCUT2D eigenvalue weighted by molar-refractivity contribution is 5.80. The van der Waals surface area contributed by atoms with Crippen LogP contribution < -0.4 is 0 Å². The van der Waals surface area contributed by atoms with Gasteiger partial charge in [0.1, 0.15) is 5.52 Å². The van der Waals surface area contributed by atoms with Gasteiger partial charge in [-0.25, -0.2) is 4.98 Å². The van der Waals surface area contributed by atoms with E-state index >= 15 is 0 Å². The monoisotopic (exact) mass is 270 g/mol. The number of aromatic amines is 1. The molecule has 0 bridgehead atoms. The van der Waals surface area contributed by atoms with Crippen molar-refractivity contribution >= 4 is 17.1 Å². The van der Waals surface area contributed by atoms with Gasteiger partial charge in [-0.1, -0.05) is 6.42 Å². The highest BCUT2D eigenvalue weighted by Crippen LogP contribution is 2.33. The Kier molecular flexibility index (Phi) is 2.72. The first-order valence-corrected chi connectivity index (χ1v) is 7.39. The average Bonchev–Trinajstić information content (AvgIpc) is 3.03. The Hall–Kier alpha value is -1.91. The third kappa shape index (κ3) is 1.88. The number of hydrogen-bond donors (Lipinski definition) is 1. The van der Waals surface area contributed by atoms with Crippen molar-refractivity contribution in [3.05, 3.63) is 24.2 Å². The van der Waals surface area contributed by atoms with Crippen molar-refractivity contribution in [1.82, 2.24) is 19.9 Å². The fourth-order valence-electron chi connectivity index (χ4n) is 3.22. The molecule has 1 N–H and O–H groups in total. The summed E-state index contributed by atoms with van der Waals surface area (Å²) in [4.78, 5) is 26.2. The molecule has 0 aromatic carbocycles. The molecule has 3 heterocycles. The average molecular weight is 270 g/mol. The molecular formula is C15H18N4O. The van der Waals surface area contributed by atoms with Gasteiger partial charge < -0.3 is 9.88 Å². The fourth-order valence-corrected chi connectivity index (χ4v) is 3.22. The van der Waals surface area contributed by atoms with Crippen LogP contribution in [0.2, 0.25) is 0 Å². The van der Waals surface area contributed by atoms with E-state index in [9.17, 15) is 4.79 Å². The van der Waals surface area contributed by atoms with Crippen molar-refractivity contribution in [3.8, 4) is 0 Å². The Balaban J connectivity index is 1.51. The van der Waals surface area contributed by atoms with Crippen molar-refractivity contribution in [2.75, 3.05) is 13.1 Å². The molecule has 1 amide bonds. The molecule has 0 radical (unpaired) electrons. The lowest BCUT2D eigenvalue weighted by Crippen LogP contribution is -2.37. The number of carbonyl (C=O) groups is 1. The Morgan fingerprint density at radius 3 is 2.85 bits per heavy atom. The summed E-state index contributed by atoms with van der Waals surface area (Å²) >= 11 is 0. The van der Waals surface area contributed by atoms with Crippen LogP contribution in [0.1, 0.15) is 37.3 Å². The summed E-state index contributed by atoms with van der Waals surface area (Å²) in [5.74, 6) is 1.07. The molecular weight excluding hydrogens is 252 g/mol. The molecule has 20 heavy (non-hydrogen) atoms. The van der Waals surface area contributed by atoms with Crippen LogP contribution in [-0.2, 0) is 4.79 Å². The lowest BCUT2D eigenvalue weighted by Gasteiger charge is -2.29. The van der Waals surface area contributed by atoms with Crippen molar-refractivity contribution in [2.24, 2.45) is 5.92 Å². The van der Waals surface area contributed by atoms with Gasteiger partial charge in [-0.3, -0.25) is 9.78 Å². The van der Waals surface area contributed by atoms with Gasteiger partial charge in [0.15, 0.2) is 5.65 Å². The maximum atomic E-state index is 12.3. The lowest BCUT2D eigenvalue weighted by atomic mass is 9.84. The third-order valence-electron chi connectivity index (χ3n) is 4.68. The number of nitrogens with zero attached hydrogens (tertiary/aromatic N) is 3. The number of carbonyl (C=O) groups excluding carboxylic acids is 1. The fraction of sp³-hybridized carbons (Fsp3) is 0.533. The molecule has 5 heteroatoms. The maximum absolute atomic E-state index is 12.3. The van der Waals surface area contributed by atoms with Crippen LogP contribution in [-0.4, -0.2) is 38.8 Å². The van der Waals surface area contributed by atoms with Crippen LogP contribution >= 0.6 is 0 Å². The molecule has 1 saturated heterocycles. The summed E-state index contributed by atoms with van der Waals surface area (Å²) < 4.78 is 0. The summed E-state index contributed by atoms with van der Waals surface area (Å²) in [6.07, 6.45) is 7.82. The quantitative estimate of drug-likeness (QED) is 0.908. The highest BCUT2D eigenvalue weighted by Gasteiger charge is 2.34. The van der Waals surface area contributed by atoms with Gasteiger partial charge in [-0.2, -0.15) is 0 Å². The predicted octanol–water partition coefficient (Wildman–Crippen LogP) is 2.07. The van der Waals surface area contributed by atoms with Gasteiger partial charge in [0.25, 0.3) is 0 Å². The van der Waals surface area contributed by atoms with Crippen molar-refractivity contribution in [3.63, 3.8) is 0 Å². The topological polar surface area (TPSA) is 61.9 Å². The van der Waals surface area contributed by atoms with Crippen LogP contribution in [0.15, 0.2) is 18.5 Å². The number of fused-ring (bicyclic) bond motifs is 1. The molecule has 2 aliphatic rings. The molecule has 4 rings (SSSR count). The molecule has 2 aromatic rings. The maximum Gasteiger partial charge on any atom is 0.225 e. The zero-order valence-electron chi connectivity index (χ0n) is 11.4. The summed E-state index contributed by atoms with van der Waals surface area (Å²) in [6, 6.07) is 2.07. The highest BCUT2D eigenvalue weighted by atomic mass is 16.2. The molecule has 0 unspecified atom stereocenters. The number of nitrogens with one attached hydrogen (secondary N) is 1. The second-order valence-corrected chi connectivity index (χ2v) is 5.91. The van der Waals surface area contributed by atoms with Crippen molar-refractivity contribution in [2.45, 2.75) is 31.6 Å². The predicted molar refractivity (Wildman–Crippen MR) is 75.2 cm³/mol. The first-order valence-electron chi connectivity index (χ1n) is 7.39. The Morgan fingerprint density at radius 2 is 2.10 bits per heavy atom. The summed E-state index contributed by atoms with van der Waals surface area (Å²) in [6.45, 7) is 1.72. The van der Waals surface area contributed by atoms with Gasteiger partial charge >= 0.3 is 0 Å². The summed E-state index contributed by atoms with van der Waals surface area (Å²) in [5.41, 5.74) is 2.91. The second-order valence-electron chi connectivity index (χ2n) is 5.91. The van der Waals surface area contributed by atoms with E-state index in [0.717, 1.165) is 49.2 Å². The normalized spacial score (nSPS) is 23.2. The second kappa shape index (κ2) is 4.58. The minimum atomic E-state index is 0.305. The van der Waals surface area contributed by atoms with Crippen molar-refractivity contribution in [1.29, 1.82) is 0 Å². The molecule has 1 aliphatic carbocycles. The lowest BCUT2D eigenvalue weighted by molar-refractivity contribution is -0.137. The molecule has 104 valence electrons. The number of rotatable bonds is 2.